The van der Waals surface area contributed by atoms with E-state index in [1.807, 2.05) is 27.7 Å². The normalized spacial score (nSPS) is 12.4. The molecule has 0 aromatic heterocycles. The molecule has 3 rings (SSSR count). The number of rotatable bonds is 10. The molecule has 41 heavy (non-hydrogen) atoms. The first-order chi connectivity index (χ1) is 19.1. The molecular formula is C30H35BrClN3O5S. The summed E-state index contributed by atoms with van der Waals surface area (Å²) in [6, 6.07) is 17.3. The summed E-state index contributed by atoms with van der Waals surface area (Å²) in [7, 11) is -2.74. The molecule has 1 N–H and O–H groups in total. The van der Waals surface area contributed by atoms with Crippen molar-refractivity contribution in [3.05, 3.63) is 87.4 Å². The molecular weight excluding hydrogens is 630 g/mol. The molecule has 1 atom stereocenters. The molecule has 0 fully saturated rings. The number of nitrogens with zero attached hydrogens (tertiary/aromatic N) is 2. The Labute approximate surface area is 255 Å². The van der Waals surface area contributed by atoms with Crippen LogP contribution in [0.3, 0.4) is 0 Å². The number of ether oxygens (including phenoxy) is 1. The molecule has 0 aliphatic carbocycles. The molecule has 0 radical (unpaired) electrons. The number of aryl methyl sites for hydroxylation is 1. The van der Waals surface area contributed by atoms with Crippen LogP contribution in [0.25, 0.3) is 0 Å². The van der Waals surface area contributed by atoms with E-state index < -0.39 is 34.1 Å². The number of methoxy groups -OCH3 is 1. The predicted octanol–water partition coefficient (Wildman–Crippen LogP) is 5.95. The molecule has 1 unspecified atom stereocenters. The van der Waals surface area contributed by atoms with Gasteiger partial charge in [-0.1, -0.05) is 47.5 Å². The van der Waals surface area contributed by atoms with E-state index in [1.54, 1.807) is 55.5 Å². The van der Waals surface area contributed by atoms with Crippen LogP contribution in [0.2, 0.25) is 5.02 Å². The second-order valence-electron chi connectivity index (χ2n) is 10.7. The highest BCUT2D eigenvalue weighted by atomic mass is 79.9. The van der Waals surface area contributed by atoms with E-state index in [4.69, 9.17) is 16.3 Å². The van der Waals surface area contributed by atoms with Crippen LogP contribution < -0.4 is 14.4 Å². The lowest BCUT2D eigenvalue weighted by molar-refractivity contribution is -0.140. The number of nitrogens with one attached hydrogen (secondary N) is 1. The Hall–Kier alpha value is -3.08. The van der Waals surface area contributed by atoms with Crippen LogP contribution in [0.15, 0.2) is 76.1 Å². The van der Waals surface area contributed by atoms with Crippen molar-refractivity contribution in [2.24, 2.45) is 0 Å². The highest BCUT2D eigenvalue weighted by Gasteiger charge is 2.34. The van der Waals surface area contributed by atoms with Gasteiger partial charge in [-0.15, -0.1) is 0 Å². The van der Waals surface area contributed by atoms with Gasteiger partial charge >= 0.3 is 0 Å². The average molecular weight is 665 g/mol. The lowest BCUT2D eigenvalue weighted by Gasteiger charge is -2.33. The van der Waals surface area contributed by atoms with Crippen LogP contribution in [0.1, 0.15) is 38.8 Å². The van der Waals surface area contributed by atoms with Gasteiger partial charge in [0.1, 0.15) is 18.3 Å². The summed E-state index contributed by atoms with van der Waals surface area (Å²) >= 11 is 9.76. The summed E-state index contributed by atoms with van der Waals surface area (Å²) in [5, 5.41) is 3.33. The van der Waals surface area contributed by atoms with Gasteiger partial charge in [-0.2, -0.15) is 0 Å². The van der Waals surface area contributed by atoms with E-state index in [9.17, 15) is 18.0 Å². The fourth-order valence-electron chi connectivity index (χ4n) is 4.04. The molecule has 0 heterocycles. The molecule has 0 aliphatic heterocycles. The van der Waals surface area contributed by atoms with E-state index in [-0.39, 0.29) is 17.3 Å². The Bertz CT molecular complexity index is 1510. The molecule has 11 heteroatoms. The lowest BCUT2D eigenvalue weighted by Crippen LogP contribution is -2.54. The SMILES string of the molecule is COc1ccc(S(=O)(=O)N(CC(=O)N(Cc2ccccc2Cl)C(C)C(=O)NC(C)(C)C)c2ccc(C)cc2)cc1Br. The minimum Gasteiger partial charge on any atom is -0.496 e. The third-order valence-electron chi connectivity index (χ3n) is 6.28. The van der Waals surface area contributed by atoms with Gasteiger partial charge in [0.15, 0.2) is 0 Å². The topological polar surface area (TPSA) is 96.0 Å². The molecule has 3 aromatic rings. The van der Waals surface area contributed by atoms with Gasteiger partial charge in [0.25, 0.3) is 10.0 Å². The van der Waals surface area contributed by atoms with E-state index in [2.05, 4.69) is 21.2 Å². The molecule has 0 aliphatic rings. The predicted molar refractivity (Wildman–Crippen MR) is 166 cm³/mol. The molecule has 220 valence electrons. The fraction of sp³-hybridized carbons (Fsp3) is 0.333. The van der Waals surface area contributed by atoms with E-state index >= 15 is 0 Å². The first-order valence-electron chi connectivity index (χ1n) is 12.9. The lowest BCUT2D eigenvalue weighted by atomic mass is 10.1. The molecule has 0 spiro atoms. The van der Waals surface area contributed by atoms with E-state index in [0.29, 0.717) is 26.5 Å². The van der Waals surface area contributed by atoms with Crippen molar-refractivity contribution < 1.29 is 22.7 Å². The third kappa shape index (κ3) is 8.24. The summed E-state index contributed by atoms with van der Waals surface area (Å²) in [4.78, 5) is 28.6. The van der Waals surface area contributed by atoms with Crippen molar-refractivity contribution in [1.82, 2.24) is 10.2 Å². The van der Waals surface area contributed by atoms with Crippen LogP contribution in [0.4, 0.5) is 5.69 Å². The van der Waals surface area contributed by atoms with Crippen molar-refractivity contribution >= 4 is 55.1 Å². The van der Waals surface area contributed by atoms with Gasteiger partial charge in [0.2, 0.25) is 11.8 Å². The Morgan fingerprint density at radius 3 is 2.24 bits per heavy atom. The zero-order valence-electron chi connectivity index (χ0n) is 23.9. The molecule has 2 amide bonds. The standard InChI is InChI=1S/C30H35BrClN3O5S/c1-20-11-13-23(14-12-20)35(41(38,39)24-15-16-27(40-6)25(31)17-24)19-28(36)34(18-22-9-7-8-10-26(22)32)21(2)29(37)33-30(3,4)5/h7-17,21H,18-19H2,1-6H3,(H,33,37). The number of halogens is 2. The highest BCUT2D eigenvalue weighted by Crippen LogP contribution is 2.31. The van der Waals surface area contributed by atoms with E-state index in [1.165, 1.54) is 30.2 Å². The molecule has 0 bridgehead atoms. The third-order valence-corrected chi connectivity index (χ3v) is 9.03. The number of hydrogen-bond acceptors (Lipinski definition) is 5. The second kappa shape index (κ2) is 13.3. The number of hydrogen-bond donors (Lipinski definition) is 1. The van der Waals surface area contributed by atoms with Crippen molar-refractivity contribution in [3.63, 3.8) is 0 Å². The Morgan fingerprint density at radius 2 is 1.68 bits per heavy atom. The number of carbonyl (C=O) groups is 2. The first-order valence-corrected chi connectivity index (χ1v) is 15.5. The molecule has 8 nitrogen and oxygen atoms in total. The number of anilines is 1. The number of amides is 2. The summed E-state index contributed by atoms with van der Waals surface area (Å²) in [6.45, 7) is 8.49. The summed E-state index contributed by atoms with van der Waals surface area (Å²) in [5.74, 6) is -0.480. The van der Waals surface area contributed by atoms with Crippen LogP contribution in [-0.4, -0.2) is 50.4 Å². The monoisotopic (exact) mass is 663 g/mol. The largest absolute Gasteiger partial charge is 0.496 e. The maximum Gasteiger partial charge on any atom is 0.264 e. The van der Waals surface area contributed by atoms with Crippen molar-refractivity contribution in [3.8, 4) is 5.75 Å². The maximum absolute atomic E-state index is 14.0. The number of benzene rings is 3. The van der Waals surface area contributed by atoms with Gasteiger partial charge in [0.05, 0.1) is 22.2 Å². The Morgan fingerprint density at radius 1 is 1.05 bits per heavy atom. The van der Waals surface area contributed by atoms with Crippen LogP contribution in [0, 0.1) is 6.92 Å². The molecule has 0 saturated heterocycles. The zero-order valence-corrected chi connectivity index (χ0v) is 27.1. The smallest absolute Gasteiger partial charge is 0.264 e. The molecule has 3 aromatic carbocycles. The van der Waals surface area contributed by atoms with Gasteiger partial charge in [0, 0.05) is 17.1 Å². The minimum absolute atomic E-state index is 0.00705. The Kier molecular flexibility index (Phi) is 10.5. The second-order valence-corrected chi connectivity index (χ2v) is 13.8. The van der Waals surface area contributed by atoms with Crippen molar-refractivity contribution in [1.29, 1.82) is 0 Å². The summed E-state index contributed by atoms with van der Waals surface area (Å²) < 4.78 is 34.8. The minimum atomic E-state index is -4.23. The zero-order chi connectivity index (χ0) is 30.5. The number of carbonyl (C=O) groups excluding carboxylic acids is 2. The van der Waals surface area contributed by atoms with Gasteiger partial charge in [-0.05, 0) is 92.5 Å². The van der Waals surface area contributed by atoms with Gasteiger partial charge < -0.3 is 15.0 Å². The van der Waals surface area contributed by atoms with Crippen molar-refractivity contribution in [2.75, 3.05) is 18.0 Å². The number of sulfonamides is 1. The van der Waals surface area contributed by atoms with Crippen LogP contribution in [-0.2, 0) is 26.2 Å². The van der Waals surface area contributed by atoms with E-state index in [0.717, 1.165) is 9.87 Å². The molecule has 0 saturated carbocycles. The summed E-state index contributed by atoms with van der Waals surface area (Å²) in [5.41, 5.74) is 1.32. The fourth-order valence-corrected chi connectivity index (χ4v) is 6.37. The average Bonchev–Trinajstić information content (AvgIpc) is 2.90. The maximum atomic E-state index is 14.0. The first kappa shape index (κ1) is 32.4. The quantitative estimate of drug-likeness (QED) is 0.289. The Balaban J connectivity index is 2.07. The van der Waals surface area contributed by atoms with Crippen LogP contribution in [0.5, 0.6) is 5.75 Å². The van der Waals surface area contributed by atoms with Crippen LogP contribution >= 0.6 is 27.5 Å². The van der Waals surface area contributed by atoms with Gasteiger partial charge in [-0.3, -0.25) is 13.9 Å². The highest BCUT2D eigenvalue weighted by molar-refractivity contribution is 9.10. The van der Waals surface area contributed by atoms with Gasteiger partial charge in [-0.25, -0.2) is 8.42 Å². The summed E-state index contributed by atoms with van der Waals surface area (Å²) in [6.07, 6.45) is 0. The van der Waals surface area contributed by atoms with Crippen molar-refractivity contribution in [2.45, 2.75) is 57.6 Å².